The second-order valence-corrected chi connectivity index (χ2v) is 8.17. The van der Waals surface area contributed by atoms with Crippen molar-refractivity contribution >= 4 is 40.6 Å². The number of amides is 1. The van der Waals surface area contributed by atoms with Gasteiger partial charge in [-0.25, -0.2) is 0 Å². The lowest BCUT2D eigenvalue weighted by molar-refractivity contribution is -0.142. The summed E-state index contributed by atoms with van der Waals surface area (Å²) in [6.45, 7) is 8.84. The predicted octanol–water partition coefficient (Wildman–Crippen LogP) is 3.28. The number of Topliss-reactive ketones (excluding diaryl/α,β-unsaturated/α-hetero) is 4. The summed E-state index contributed by atoms with van der Waals surface area (Å²) in [5.74, 6) is -3.23. The molecular formula is C23H28ClNO5. The van der Waals surface area contributed by atoms with Gasteiger partial charge < -0.3 is 5.32 Å². The van der Waals surface area contributed by atoms with Crippen molar-refractivity contribution in [1.29, 1.82) is 0 Å². The van der Waals surface area contributed by atoms with Crippen LogP contribution in [-0.4, -0.2) is 34.9 Å². The van der Waals surface area contributed by atoms with Gasteiger partial charge in [0.25, 0.3) is 0 Å². The van der Waals surface area contributed by atoms with E-state index in [-0.39, 0.29) is 60.7 Å². The van der Waals surface area contributed by atoms with Gasteiger partial charge in [-0.05, 0) is 61.4 Å². The van der Waals surface area contributed by atoms with Gasteiger partial charge >= 0.3 is 0 Å². The Kier molecular flexibility index (Phi) is 7.70. The van der Waals surface area contributed by atoms with Crippen LogP contribution in [0.15, 0.2) is 0 Å². The summed E-state index contributed by atoms with van der Waals surface area (Å²) < 4.78 is 0. The highest BCUT2D eigenvalue weighted by Gasteiger charge is 2.41. The smallest absolute Gasteiger partial charge is 0.235 e. The van der Waals surface area contributed by atoms with Gasteiger partial charge in [-0.15, -0.1) is 11.6 Å². The number of nitrogens with one attached hydrogen (secondary N) is 1. The molecule has 1 aliphatic carbocycles. The molecule has 7 heteroatoms. The minimum Gasteiger partial charge on any atom is -0.351 e. The lowest BCUT2D eigenvalue weighted by Gasteiger charge is -2.30. The van der Waals surface area contributed by atoms with Crippen molar-refractivity contribution < 1.29 is 24.0 Å². The molecule has 1 amide bonds. The molecule has 1 aromatic rings. The molecule has 1 aromatic carbocycles. The first-order chi connectivity index (χ1) is 14.0. The fourth-order valence-electron chi connectivity index (χ4n) is 4.67. The number of benzene rings is 1. The van der Waals surface area contributed by atoms with Crippen molar-refractivity contribution in [3.8, 4) is 0 Å². The molecule has 0 aromatic heterocycles. The van der Waals surface area contributed by atoms with Crippen LogP contribution in [0.3, 0.4) is 0 Å². The third-order valence-electron chi connectivity index (χ3n) is 6.02. The third-order valence-corrected chi connectivity index (χ3v) is 6.26. The van der Waals surface area contributed by atoms with Gasteiger partial charge in [-0.2, -0.15) is 0 Å². The monoisotopic (exact) mass is 433 g/mol. The maximum Gasteiger partial charge on any atom is 0.235 e. The van der Waals surface area contributed by atoms with Gasteiger partial charge in [0.05, 0.1) is 0 Å². The van der Waals surface area contributed by atoms with Gasteiger partial charge in [0, 0.05) is 31.4 Å². The molecule has 1 fully saturated rings. The summed E-state index contributed by atoms with van der Waals surface area (Å²) in [4.78, 5) is 61.4. The molecule has 2 rings (SSSR count). The van der Waals surface area contributed by atoms with E-state index in [2.05, 4.69) is 5.32 Å². The zero-order valence-electron chi connectivity index (χ0n) is 18.1. The van der Waals surface area contributed by atoms with E-state index in [0.717, 1.165) is 27.8 Å². The number of hydrogen-bond donors (Lipinski definition) is 1. The van der Waals surface area contributed by atoms with Crippen LogP contribution < -0.4 is 5.32 Å². The third kappa shape index (κ3) is 4.53. The van der Waals surface area contributed by atoms with Crippen molar-refractivity contribution in [1.82, 2.24) is 5.32 Å². The van der Waals surface area contributed by atoms with Gasteiger partial charge in [-0.3, -0.25) is 24.0 Å². The summed E-state index contributed by atoms with van der Waals surface area (Å²) in [5, 5.41) is 2.73. The highest BCUT2D eigenvalue weighted by molar-refractivity contribution is 6.27. The lowest BCUT2D eigenvalue weighted by Crippen LogP contribution is -2.38. The zero-order valence-corrected chi connectivity index (χ0v) is 18.9. The summed E-state index contributed by atoms with van der Waals surface area (Å²) in [7, 11) is 0. The number of carbonyl (C=O) groups excluding carboxylic acids is 5. The van der Waals surface area contributed by atoms with Crippen molar-refractivity contribution in [2.75, 3.05) is 5.88 Å². The standard InChI is InChI=1S/C23H28ClNO5/c1-6-17(27)23-18(28)7-15(8-19(23)29)22-12(3)16(10-25-20(30)9-24)11(2)21(13(22)4)14(5)26/h15,23H,6-10H2,1-5H3,(H,25,30). The molecule has 0 atom stereocenters. The van der Waals surface area contributed by atoms with Gasteiger partial charge in [-0.1, -0.05) is 6.92 Å². The maximum atomic E-state index is 12.7. The minimum atomic E-state index is -1.16. The average molecular weight is 434 g/mol. The molecule has 1 aliphatic rings. The van der Waals surface area contributed by atoms with Crippen LogP contribution >= 0.6 is 11.6 Å². The number of hydrogen-bond acceptors (Lipinski definition) is 5. The SMILES string of the molecule is CCC(=O)C1C(=O)CC(c2c(C)c(CNC(=O)CCl)c(C)c(C(C)=O)c2C)CC1=O. The highest BCUT2D eigenvalue weighted by Crippen LogP contribution is 2.39. The van der Waals surface area contributed by atoms with Crippen LogP contribution in [0.25, 0.3) is 0 Å². The Bertz CT molecular complexity index is 916. The molecule has 0 unspecified atom stereocenters. The summed E-state index contributed by atoms with van der Waals surface area (Å²) in [6.07, 6.45) is 0.309. The topological polar surface area (TPSA) is 97.4 Å². The Balaban J connectivity index is 2.57. The number of ketones is 4. The molecular weight excluding hydrogens is 406 g/mol. The van der Waals surface area contributed by atoms with Gasteiger partial charge in [0.2, 0.25) is 5.91 Å². The molecule has 1 N–H and O–H groups in total. The van der Waals surface area contributed by atoms with Crippen LogP contribution in [0, 0.1) is 26.7 Å². The van der Waals surface area contributed by atoms with Crippen LogP contribution in [0.4, 0.5) is 0 Å². The van der Waals surface area contributed by atoms with Gasteiger partial charge in [0.15, 0.2) is 23.1 Å². The normalized spacial score (nSPS) is 19.0. The Hall–Kier alpha value is -2.34. The first-order valence-electron chi connectivity index (χ1n) is 10.1. The van der Waals surface area contributed by atoms with E-state index < -0.39 is 11.8 Å². The molecule has 0 bridgehead atoms. The van der Waals surface area contributed by atoms with E-state index in [1.54, 1.807) is 6.92 Å². The predicted molar refractivity (Wildman–Crippen MR) is 114 cm³/mol. The van der Waals surface area contributed by atoms with Crippen molar-refractivity contribution in [3.63, 3.8) is 0 Å². The molecule has 1 saturated carbocycles. The van der Waals surface area contributed by atoms with E-state index in [9.17, 15) is 24.0 Å². The van der Waals surface area contributed by atoms with Crippen molar-refractivity contribution in [3.05, 3.63) is 33.4 Å². The maximum absolute atomic E-state index is 12.7. The summed E-state index contributed by atoms with van der Waals surface area (Å²) in [6, 6.07) is 0. The number of alkyl halides is 1. The fraction of sp³-hybridized carbons (Fsp3) is 0.522. The molecule has 0 aliphatic heterocycles. The molecule has 0 spiro atoms. The molecule has 30 heavy (non-hydrogen) atoms. The van der Waals surface area contributed by atoms with Crippen molar-refractivity contribution in [2.24, 2.45) is 5.92 Å². The molecule has 0 radical (unpaired) electrons. The van der Waals surface area contributed by atoms with E-state index in [1.807, 2.05) is 20.8 Å². The largest absolute Gasteiger partial charge is 0.351 e. The molecule has 0 saturated heterocycles. The lowest BCUT2D eigenvalue weighted by atomic mass is 9.71. The molecule has 0 heterocycles. The first kappa shape index (κ1) is 23.9. The number of rotatable bonds is 7. The van der Waals surface area contributed by atoms with Gasteiger partial charge in [0.1, 0.15) is 11.8 Å². The van der Waals surface area contributed by atoms with E-state index in [0.29, 0.717) is 5.56 Å². The number of halogens is 1. The van der Waals surface area contributed by atoms with Crippen LogP contribution in [0.5, 0.6) is 0 Å². The van der Waals surface area contributed by atoms with Crippen LogP contribution in [0.2, 0.25) is 0 Å². The average Bonchev–Trinajstić information content (AvgIpc) is 2.66. The minimum absolute atomic E-state index is 0.0811. The zero-order chi connectivity index (χ0) is 22.7. The Morgan fingerprint density at radius 2 is 1.57 bits per heavy atom. The summed E-state index contributed by atoms with van der Waals surface area (Å²) in [5.41, 5.74) is 4.46. The number of carbonyl (C=O) groups is 5. The summed E-state index contributed by atoms with van der Waals surface area (Å²) >= 11 is 5.57. The fourth-order valence-corrected chi connectivity index (χ4v) is 4.77. The second kappa shape index (κ2) is 9.65. The van der Waals surface area contributed by atoms with E-state index in [4.69, 9.17) is 11.6 Å². The Morgan fingerprint density at radius 1 is 1.00 bits per heavy atom. The quantitative estimate of drug-likeness (QED) is 0.404. The second-order valence-electron chi connectivity index (χ2n) is 7.90. The van der Waals surface area contributed by atoms with Crippen molar-refractivity contribution in [2.45, 2.75) is 66.3 Å². The molecule has 162 valence electrons. The first-order valence-corrected chi connectivity index (χ1v) is 10.6. The highest BCUT2D eigenvalue weighted by atomic mass is 35.5. The Labute approximate surface area is 181 Å². The van der Waals surface area contributed by atoms with Crippen LogP contribution in [0.1, 0.15) is 77.2 Å². The van der Waals surface area contributed by atoms with Crippen LogP contribution in [-0.2, 0) is 25.7 Å². The van der Waals surface area contributed by atoms with E-state index in [1.165, 1.54) is 6.92 Å². The van der Waals surface area contributed by atoms with E-state index >= 15 is 0 Å². The Morgan fingerprint density at radius 3 is 2.03 bits per heavy atom. The molecule has 6 nitrogen and oxygen atoms in total.